The van der Waals surface area contributed by atoms with Gasteiger partial charge in [0, 0.05) is 23.4 Å². The molecule has 4 heteroatoms. The summed E-state index contributed by atoms with van der Waals surface area (Å²) in [7, 11) is 0. The van der Waals surface area contributed by atoms with Crippen LogP contribution in [0.15, 0.2) is 48.5 Å². The highest BCUT2D eigenvalue weighted by molar-refractivity contribution is 6.05. The van der Waals surface area contributed by atoms with Crippen molar-refractivity contribution in [2.24, 2.45) is 0 Å². The molecule has 0 aliphatic heterocycles. The van der Waals surface area contributed by atoms with Crippen LogP contribution in [0.4, 0.5) is 5.69 Å². The van der Waals surface area contributed by atoms with Crippen molar-refractivity contribution in [2.75, 3.05) is 11.9 Å². The molecule has 0 aromatic heterocycles. The highest BCUT2D eigenvalue weighted by Gasteiger charge is 2.09. The minimum atomic E-state index is -0.187. The van der Waals surface area contributed by atoms with Crippen molar-refractivity contribution >= 4 is 17.5 Å². The van der Waals surface area contributed by atoms with Gasteiger partial charge in [0.1, 0.15) is 0 Å². The van der Waals surface area contributed by atoms with Crippen molar-refractivity contribution in [3.8, 4) is 0 Å². The van der Waals surface area contributed by atoms with Gasteiger partial charge >= 0.3 is 0 Å². The Kier molecular flexibility index (Phi) is 5.52. The van der Waals surface area contributed by atoms with Crippen LogP contribution in [0, 0.1) is 0 Å². The number of hydrogen-bond donors (Lipinski definition) is 2. The standard InChI is InChI=1S/C19H22N2O2/c1-4-20-18(22)16-6-5-7-17(12-16)21-19(23)15-10-8-14(9-11-15)13(2)3/h5-13H,4H2,1-3H3,(H,20,22)(H,21,23). The third-order valence-corrected chi connectivity index (χ3v) is 3.56. The third-order valence-electron chi connectivity index (χ3n) is 3.56. The number of anilines is 1. The Morgan fingerprint density at radius 1 is 0.957 bits per heavy atom. The van der Waals surface area contributed by atoms with Crippen LogP contribution < -0.4 is 10.6 Å². The van der Waals surface area contributed by atoms with Gasteiger partial charge < -0.3 is 10.6 Å². The number of hydrogen-bond acceptors (Lipinski definition) is 2. The van der Waals surface area contributed by atoms with Crippen LogP contribution in [0.3, 0.4) is 0 Å². The number of nitrogens with one attached hydrogen (secondary N) is 2. The number of carbonyl (C=O) groups excluding carboxylic acids is 2. The monoisotopic (exact) mass is 310 g/mol. The minimum absolute atomic E-state index is 0.148. The Morgan fingerprint density at radius 3 is 2.26 bits per heavy atom. The molecule has 0 heterocycles. The molecule has 0 saturated heterocycles. The molecule has 0 radical (unpaired) electrons. The summed E-state index contributed by atoms with van der Waals surface area (Å²) in [5, 5.41) is 5.56. The van der Waals surface area contributed by atoms with Gasteiger partial charge in [-0.05, 0) is 48.7 Å². The Hall–Kier alpha value is -2.62. The predicted molar refractivity (Wildman–Crippen MR) is 92.9 cm³/mol. The average Bonchev–Trinajstić information content (AvgIpc) is 2.55. The lowest BCUT2D eigenvalue weighted by Crippen LogP contribution is -2.22. The molecule has 2 amide bonds. The average molecular weight is 310 g/mol. The van der Waals surface area contributed by atoms with Gasteiger partial charge in [0.2, 0.25) is 0 Å². The maximum absolute atomic E-state index is 12.3. The van der Waals surface area contributed by atoms with E-state index >= 15 is 0 Å². The minimum Gasteiger partial charge on any atom is -0.352 e. The van der Waals surface area contributed by atoms with E-state index in [2.05, 4.69) is 24.5 Å². The van der Waals surface area contributed by atoms with Crippen molar-refractivity contribution in [2.45, 2.75) is 26.7 Å². The van der Waals surface area contributed by atoms with Gasteiger partial charge in [-0.1, -0.05) is 32.0 Å². The lowest BCUT2D eigenvalue weighted by Gasteiger charge is -2.09. The summed E-state index contributed by atoms with van der Waals surface area (Å²) in [6.07, 6.45) is 0. The molecular formula is C19H22N2O2. The normalized spacial score (nSPS) is 10.4. The fraction of sp³-hybridized carbons (Fsp3) is 0.263. The quantitative estimate of drug-likeness (QED) is 0.882. The van der Waals surface area contributed by atoms with Gasteiger partial charge in [0.25, 0.3) is 11.8 Å². The van der Waals surface area contributed by atoms with Gasteiger partial charge in [-0.2, -0.15) is 0 Å². The van der Waals surface area contributed by atoms with Crippen LogP contribution in [0.2, 0.25) is 0 Å². The van der Waals surface area contributed by atoms with Crippen LogP contribution >= 0.6 is 0 Å². The first-order valence-electron chi connectivity index (χ1n) is 7.81. The summed E-state index contributed by atoms with van der Waals surface area (Å²) in [4.78, 5) is 24.1. The second-order valence-electron chi connectivity index (χ2n) is 5.67. The third kappa shape index (κ3) is 4.42. The fourth-order valence-electron chi connectivity index (χ4n) is 2.22. The molecule has 0 unspecified atom stereocenters. The number of carbonyl (C=O) groups is 2. The van der Waals surface area contributed by atoms with Crippen molar-refractivity contribution < 1.29 is 9.59 Å². The summed E-state index contributed by atoms with van der Waals surface area (Å²) >= 11 is 0. The summed E-state index contributed by atoms with van der Waals surface area (Å²) in [5.74, 6) is 0.0964. The number of rotatable bonds is 5. The molecule has 2 N–H and O–H groups in total. The van der Waals surface area contributed by atoms with Crippen molar-refractivity contribution in [3.05, 3.63) is 65.2 Å². The Balaban J connectivity index is 2.10. The zero-order valence-corrected chi connectivity index (χ0v) is 13.7. The lowest BCUT2D eigenvalue weighted by atomic mass is 10.0. The molecule has 0 bridgehead atoms. The summed E-state index contributed by atoms with van der Waals surface area (Å²) < 4.78 is 0. The first kappa shape index (κ1) is 16.7. The second-order valence-corrected chi connectivity index (χ2v) is 5.67. The van der Waals surface area contributed by atoms with Crippen LogP contribution in [0.25, 0.3) is 0 Å². The first-order valence-corrected chi connectivity index (χ1v) is 7.81. The molecule has 0 spiro atoms. The number of amides is 2. The Labute approximate surface area is 136 Å². The SMILES string of the molecule is CCNC(=O)c1cccc(NC(=O)c2ccc(C(C)C)cc2)c1. The molecule has 0 aliphatic carbocycles. The smallest absolute Gasteiger partial charge is 0.255 e. The van der Waals surface area contributed by atoms with E-state index in [0.29, 0.717) is 29.3 Å². The van der Waals surface area contributed by atoms with Gasteiger partial charge in [0.15, 0.2) is 0 Å². The molecule has 4 nitrogen and oxygen atoms in total. The van der Waals surface area contributed by atoms with E-state index in [4.69, 9.17) is 0 Å². The highest BCUT2D eigenvalue weighted by Crippen LogP contribution is 2.16. The van der Waals surface area contributed by atoms with Crippen LogP contribution in [0.1, 0.15) is 53.0 Å². The lowest BCUT2D eigenvalue weighted by molar-refractivity contribution is 0.0954. The molecule has 2 aromatic carbocycles. The van der Waals surface area contributed by atoms with Crippen LogP contribution in [-0.4, -0.2) is 18.4 Å². The molecule has 23 heavy (non-hydrogen) atoms. The molecule has 0 fully saturated rings. The van der Waals surface area contributed by atoms with E-state index in [1.54, 1.807) is 24.3 Å². The van der Waals surface area contributed by atoms with Crippen molar-refractivity contribution in [1.82, 2.24) is 5.32 Å². The molecule has 120 valence electrons. The second kappa shape index (κ2) is 7.58. The van der Waals surface area contributed by atoms with E-state index in [1.165, 1.54) is 5.56 Å². The van der Waals surface area contributed by atoms with Crippen molar-refractivity contribution in [3.63, 3.8) is 0 Å². The van der Waals surface area contributed by atoms with E-state index in [1.807, 2.05) is 31.2 Å². The summed E-state index contributed by atoms with van der Waals surface area (Å²) in [5.41, 5.74) is 2.92. The first-order chi connectivity index (χ1) is 11.0. The van der Waals surface area contributed by atoms with Crippen molar-refractivity contribution in [1.29, 1.82) is 0 Å². The van der Waals surface area contributed by atoms with Gasteiger partial charge in [0.05, 0.1) is 0 Å². The van der Waals surface area contributed by atoms with Gasteiger partial charge in [-0.25, -0.2) is 0 Å². The van der Waals surface area contributed by atoms with E-state index in [9.17, 15) is 9.59 Å². The summed E-state index contributed by atoms with van der Waals surface area (Å²) in [6, 6.07) is 14.5. The predicted octanol–water partition coefficient (Wildman–Crippen LogP) is 3.81. The molecule has 0 aliphatic rings. The molecule has 0 saturated carbocycles. The maximum atomic E-state index is 12.3. The Bertz CT molecular complexity index is 691. The van der Waals surface area contributed by atoms with E-state index in [0.717, 1.165) is 0 Å². The molecule has 2 aromatic rings. The van der Waals surface area contributed by atoms with E-state index < -0.39 is 0 Å². The van der Waals surface area contributed by atoms with E-state index in [-0.39, 0.29) is 11.8 Å². The Morgan fingerprint density at radius 2 is 1.65 bits per heavy atom. The topological polar surface area (TPSA) is 58.2 Å². The number of benzene rings is 2. The molecule has 0 atom stereocenters. The molecular weight excluding hydrogens is 288 g/mol. The van der Waals surface area contributed by atoms with Crippen LogP contribution in [0.5, 0.6) is 0 Å². The maximum Gasteiger partial charge on any atom is 0.255 e. The van der Waals surface area contributed by atoms with Gasteiger partial charge in [-0.15, -0.1) is 0 Å². The largest absolute Gasteiger partial charge is 0.352 e. The summed E-state index contributed by atoms with van der Waals surface area (Å²) in [6.45, 7) is 6.66. The fourth-order valence-corrected chi connectivity index (χ4v) is 2.22. The van der Waals surface area contributed by atoms with Gasteiger partial charge in [-0.3, -0.25) is 9.59 Å². The molecule has 2 rings (SSSR count). The zero-order valence-electron chi connectivity index (χ0n) is 13.7. The zero-order chi connectivity index (χ0) is 16.8. The highest BCUT2D eigenvalue weighted by atomic mass is 16.2. The van der Waals surface area contributed by atoms with Crippen LogP contribution in [-0.2, 0) is 0 Å².